The van der Waals surface area contributed by atoms with Crippen LogP contribution in [0.25, 0.3) is 0 Å². The summed E-state index contributed by atoms with van der Waals surface area (Å²) in [5.41, 5.74) is 10.3. The molecule has 10 heteroatoms. The van der Waals surface area contributed by atoms with Crippen LogP contribution in [-0.2, 0) is 23.7 Å². The summed E-state index contributed by atoms with van der Waals surface area (Å²) in [4.78, 5) is 29.7. The van der Waals surface area contributed by atoms with Crippen LogP contribution in [0.1, 0.15) is 32.1 Å². The van der Waals surface area contributed by atoms with Gasteiger partial charge in [0.05, 0.1) is 64.2 Å². The average Bonchev–Trinajstić information content (AvgIpc) is 3.53. The molecule has 0 spiro atoms. The van der Waals surface area contributed by atoms with E-state index in [2.05, 4.69) is 0 Å². The number of hydrogen-bond acceptors (Lipinski definition) is 8. The van der Waals surface area contributed by atoms with Gasteiger partial charge in [0.2, 0.25) is 0 Å². The van der Waals surface area contributed by atoms with Crippen molar-refractivity contribution in [1.82, 2.24) is 9.80 Å². The Morgan fingerprint density at radius 1 is 0.862 bits per heavy atom. The first kappa shape index (κ1) is 19.7. The normalized spacial score (nSPS) is 39.7. The minimum atomic E-state index is -1.09. The second-order valence-corrected chi connectivity index (χ2v) is 8.92. The molecule has 0 aromatic carbocycles. The molecule has 5 heterocycles. The Morgan fingerprint density at radius 2 is 1.34 bits per heavy atom. The van der Waals surface area contributed by atoms with Crippen molar-refractivity contribution in [1.29, 1.82) is 0 Å². The number of urea groups is 1. The molecule has 5 aliphatic heterocycles. The van der Waals surface area contributed by atoms with Crippen molar-refractivity contribution in [3.05, 3.63) is 0 Å². The summed E-state index contributed by atoms with van der Waals surface area (Å²) in [6.45, 7) is 2.50. The predicted molar refractivity (Wildman–Crippen MR) is 99.4 cm³/mol. The van der Waals surface area contributed by atoms with Gasteiger partial charge < -0.3 is 30.4 Å². The fourth-order valence-corrected chi connectivity index (χ4v) is 5.38. The highest BCUT2D eigenvalue weighted by molar-refractivity contribution is 6.07. The van der Waals surface area contributed by atoms with E-state index in [4.69, 9.17) is 30.4 Å². The number of ether oxygens (including phenoxy) is 4. The lowest BCUT2D eigenvalue weighted by molar-refractivity contribution is -0.144. The van der Waals surface area contributed by atoms with E-state index in [0.29, 0.717) is 58.5 Å². The van der Waals surface area contributed by atoms with Crippen LogP contribution in [0.4, 0.5) is 4.79 Å². The van der Waals surface area contributed by atoms with Gasteiger partial charge in [-0.05, 0) is 32.1 Å². The van der Waals surface area contributed by atoms with Crippen LogP contribution in [0.15, 0.2) is 0 Å². The van der Waals surface area contributed by atoms with E-state index in [9.17, 15) is 9.59 Å². The summed E-state index contributed by atoms with van der Waals surface area (Å²) in [6.07, 6.45) is 3.57. The van der Waals surface area contributed by atoms with E-state index in [0.717, 1.165) is 4.90 Å². The quantitative estimate of drug-likeness (QED) is 0.319. The van der Waals surface area contributed by atoms with E-state index in [1.54, 1.807) is 4.90 Å². The number of carbonyl (C=O) groups excluding carboxylic acids is 2. The molecular formula is C19H30N4O6. The van der Waals surface area contributed by atoms with Crippen LogP contribution in [-0.4, -0.2) is 91.5 Å². The van der Waals surface area contributed by atoms with Crippen molar-refractivity contribution in [2.24, 2.45) is 16.9 Å². The fourth-order valence-electron chi connectivity index (χ4n) is 5.38. The monoisotopic (exact) mass is 410 g/mol. The molecule has 29 heavy (non-hydrogen) atoms. The highest BCUT2D eigenvalue weighted by atomic mass is 16.6. The molecule has 0 aromatic heterocycles. The molecule has 162 valence electrons. The smallest absolute Gasteiger partial charge is 0.329 e. The summed E-state index contributed by atoms with van der Waals surface area (Å²) in [5.74, 6) is -0.252. The lowest BCUT2D eigenvalue weighted by atomic mass is 9.59. The Morgan fingerprint density at radius 3 is 1.72 bits per heavy atom. The van der Waals surface area contributed by atoms with E-state index in [1.165, 1.54) is 0 Å². The first-order chi connectivity index (χ1) is 14.0. The number of rotatable bonds is 12. The van der Waals surface area contributed by atoms with Crippen molar-refractivity contribution in [2.75, 3.05) is 39.8 Å². The highest BCUT2D eigenvalue weighted by Crippen LogP contribution is 2.57. The molecule has 0 aromatic rings. The summed E-state index contributed by atoms with van der Waals surface area (Å²) in [6, 6.07) is -0.411. The molecule has 4 N–H and O–H groups in total. The van der Waals surface area contributed by atoms with Gasteiger partial charge in [0.1, 0.15) is 5.54 Å². The topological polar surface area (TPSA) is 143 Å². The number of hydrogen-bond donors (Lipinski definition) is 2. The van der Waals surface area contributed by atoms with Gasteiger partial charge >= 0.3 is 6.03 Å². The molecule has 3 amide bonds. The molecule has 0 aliphatic carbocycles. The van der Waals surface area contributed by atoms with Crippen LogP contribution in [0.2, 0.25) is 0 Å². The second-order valence-electron chi connectivity index (χ2n) is 8.92. The first-order valence-corrected chi connectivity index (χ1v) is 10.5. The first-order valence-electron chi connectivity index (χ1n) is 10.5. The zero-order chi connectivity index (χ0) is 20.2. The lowest BCUT2D eigenvalue weighted by Crippen LogP contribution is -2.64. The number of nitrogens with zero attached hydrogens (tertiary/aromatic N) is 2. The lowest BCUT2D eigenvalue weighted by Gasteiger charge is -2.51. The molecule has 0 saturated carbocycles. The van der Waals surface area contributed by atoms with Crippen LogP contribution < -0.4 is 11.5 Å². The van der Waals surface area contributed by atoms with Gasteiger partial charge in [-0.15, -0.1) is 0 Å². The van der Waals surface area contributed by atoms with Gasteiger partial charge in [-0.3, -0.25) is 9.69 Å². The standard InChI is InChI=1S/C19H30N4O6/c20-10-22-16(24)19(2-1-12-6-26-12,23(11-21)17(22)25)18(3-13-7-27-13,4-14-8-28-14)5-15-9-29-15/h12-15H,1-11,20-21H2. The molecule has 0 bridgehead atoms. The van der Waals surface area contributed by atoms with E-state index in [-0.39, 0.29) is 43.7 Å². The van der Waals surface area contributed by atoms with Crippen LogP contribution >= 0.6 is 0 Å². The number of amides is 3. The zero-order valence-electron chi connectivity index (χ0n) is 16.6. The fraction of sp³-hybridized carbons (Fsp3) is 0.895. The molecule has 5 fully saturated rings. The Bertz CT molecular complexity index is 640. The van der Waals surface area contributed by atoms with Crippen LogP contribution in [0.5, 0.6) is 0 Å². The van der Waals surface area contributed by atoms with Crippen molar-refractivity contribution in [3.63, 3.8) is 0 Å². The van der Waals surface area contributed by atoms with Crippen molar-refractivity contribution in [3.8, 4) is 0 Å². The van der Waals surface area contributed by atoms with Crippen molar-refractivity contribution < 1.29 is 28.5 Å². The number of imide groups is 1. The Labute approximate surface area is 169 Å². The molecular weight excluding hydrogens is 380 g/mol. The molecule has 5 atom stereocenters. The minimum absolute atomic E-state index is 0.0447. The second kappa shape index (κ2) is 7.14. The van der Waals surface area contributed by atoms with Crippen molar-refractivity contribution >= 4 is 11.9 Å². The molecule has 5 saturated heterocycles. The van der Waals surface area contributed by atoms with Crippen LogP contribution in [0, 0.1) is 5.41 Å². The summed E-state index contributed by atoms with van der Waals surface area (Å²) < 4.78 is 22.2. The maximum absolute atomic E-state index is 13.9. The van der Waals surface area contributed by atoms with Gasteiger partial charge in [-0.1, -0.05) is 0 Å². The number of epoxide rings is 4. The Kier molecular flexibility index (Phi) is 4.84. The third-order valence-electron chi connectivity index (χ3n) is 7.06. The van der Waals surface area contributed by atoms with Gasteiger partial charge in [-0.25, -0.2) is 9.69 Å². The molecule has 0 radical (unpaired) electrons. The molecule has 5 aliphatic rings. The predicted octanol–water partition coefficient (Wildman–Crippen LogP) is -0.646. The largest absolute Gasteiger partial charge is 0.373 e. The van der Waals surface area contributed by atoms with E-state index < -0.39 is 17.0 Å². The van der Waals surface area contributed by atoms with Gasteiger partial charge in [0.25, 0.3) is 5.91 Å². The van der Waals surface area contributed by atoms with Gasteiger partial charge in [0.15, 0.2) is 0 Å². The van der Waals surface area contributed by atoms with E-state index in [1.807, 2.05) is 0 Å². The van der Waals surface area contributed by atoms with Crippen LogP contribution in [0.3, 0.4) is 0 Å². The number of carbonyl (C=O) groups is 2. The van der Waals surface area contributed by atoms with E-state index >= 15 is 0 Å². The van der Waals surface area contributed by atoms with Gasteiger partial charge in [0, 0.05) is 5.41 Å². The summed E-state index contributed by atoms with van der Waals surface area (Å²) in [7, 11) is 0. The maximum atomic E-state index is 13.9. The number of nitrogens with two attached hydrogens (primary N) is 2. The third-order valence-corrected chi connectivity index (χ3v) is 7.06. The SMILES string of the molecule is NCN1C(=O)N(CN)C(CCC2CO2)(C(CC2CO2)(CC2CO2)CC2CO2)C1=O. The average molecular weight is 410 g/mol. The minimum Gasteiger partial charge on any atom is -0.373 e. The Hall–Kier alpha value is -1.30. The van der Waals surface area contributed by atoms with Gasteiger partial charge in [-0.2, -0.15) is 0 Å². The molecule has 5 unspecified atom stereocenters. The zero-order valence-corrected chi connectivity index (χ0v) is 16.6. The molecule has 10 nitrogen and oxygen atoms in total. The summed E-state index contributed by atoms with van der Waals surface area (Å²) in [5, 5.41) is 0. The highest BCUT2D eigenvalue weighted by Gasteiger charge is 2.69. The Balaban J connectivity index is 1.60. The maximum Gasteiger partial charge on any atom is 0.329 e. The summed E-state index contributed by atoms with van der Waals surface area (Å²) >= 11 is 0. The van der Waals surface area contributed by atoms with Crippen molar-refractivity contribution in [2.45, 2.75) is 62.1 Å². The third kappa shape index (κ3) is 3.45. The molecule has 5 rings (SSSR count).